The highest BCUT2D eigenvalue weighted by atomic mass is 19.1. The zero-order valence-corrected chi connectivity index (χ0v) is 11.5. The van der Waals surface area contributed by atoms with E-state index in [2.05, 4.69) is 22.1 Å². The van der Waals surface area contributed by atoms with E-state index >= 15 is 0 Å². The van der Waals surface area contributed by atoms with Crippen molar-refractivity contribution in [1.29, 1.82) is 0 Å². The van der Waals surface area contributed by atoms with Crippen molar-refractivity contribution in [2.45, 2.75) is 39.3 Å². The Morgan fingerprint density at radius 3 is 2.68 bits per heavy atom. The number of halogens is 1. The molecule has 0 spiro atoms. The summed E-state index contributed by atoms with van der Waals surface area (Å²) in [6.45, 7) is 7.07. The van der Waals surface area contributed by atoms with Crippen LogP contribution in [-0.4, -0.2) is 22.7 Å². The van der Waals surface area contributed by atoms with Gasteiger partial charge in [-0.1, -0.05) is 5.92 Å². The average molecular weight is 264 g/mol. The number of hydrogen-bond donors (Lipinski definition) is 1. The molecule has 102 valence electrons. The van der Waals surface area contributed by atoms with E-state index in [-0.39, 0.29) is 6.04 Å². The molecule has 1 rings (SSSR count). The van der Waals surface area contributed by atoms with E-state index in [1.54, 1.807) is 27.7 Å². The summed E-state index contributed by atoms with van der Waals surface area (Å²) in [6.07, 6.45) is 0.567. The lowest BCUT2D eigenvalue weighted by Gasteiger charge is -2.20. The summed E-state index contributed by atoms with van der Waals surface area (Å²) >= 11 is 0. The van der Waals surface area contributed by atoms with Crippen molar-refractivity contribution in [3.8, 4) is 11.8 Å². The minimum atomic E-state index is -0.546. The quantitative estimate of drug-likeness (QED) is 0.793. The lowest BCUT2D eigenvalue weighted by Crippen LogP contribution is -2.37. The van der Waals surface area contributed by atoms with E-state index < -0.39 is 17.5 Å². The summed E-state index contributed by atoms with van der Waals surface area (Å²) in [7, 11) is 0. The average Bonchev–Trinajstić information content (AvgIpc) is 2.25. The molecule has 0 fully saturated rings. The van der Waals surface area contributed by atoms with Gasteiger partial charge in [-0.05, 0) is 45.7 Å². The van der Waals surface area contributed by atoms with Crippen LogP contribution in [0, 0.1) is 17.7 Å². The summed E-state index contributed by atoms with van der Waals surface area (Å²) in [5.41, 5.74) is -0.102. The molecule has 1 aromatic rings. The summed E-state index contributed by atoms with van der Waals surface area (Å²) in [5, 5.41) is 2.58. The highest BCUT2D eigenvalue weighted by molar-refractivity contribution is 5.68. The number of carbonyl (C=O) groups excluding carboxylic acids is 1. The van der Waals surface area contributed by atoms with Gasteiger partial charge in [-0.15, -0.1) is 0 Å². The van der Waals surface area contributed by atoms with Gasteiger partial charge in [0.1, 0.15) is 17.1 Å². The molecule has 5 heteroatoms. The fourth-order valence-electron chi connectivity index (χ4n) is 1.15. The molecular weight excluding hydrogens is 247 g/mol. The number of aromatic nitrogens is 1. The molecule has 0 bridgehead atoms. The largest absolute Gasteiger partial charge is 0.444 e. The SMILES string of the molecule is C[C@H](C#Cc1ccc(F)cn1)NC(=O)OC(C)(C)C. The van der Waals surface area contributed by atoms with Crippen molar-refractivity contribution in [1.82, 2.24) is 10.3 Å². The first kappa shape index (κ1) is 15.0. The molecule has 1 atom stereocenters. The van der Waals surface area contributed by atoms with Gasteiger partial charge in [-0.2, -0.15) is 0 Å². The molecule has 0 radical (unpaired) electrons. The van der Waals surface area contributed by atoms with Gasteiger partial charge in [0, 0.05) is 0 Å². The number of pyridine rings is 1. The number of alkyl carbamates (subject to hydrolysis) is 1. The molecule has 0 aromatic carbocycles. The number of carbonyl (C=O) groups is 1. The molecule has 19 heavy (non-hydrogen) atoms. The third-order valence-corrected chi connectivity index (χ3v) is 1.88. The molecule has 0 aliphatic heterocycles. The fraction of sp³-hybridized carbons (Fsp3) is 0.429. The maximum Gasteiger partial charge on any atom is 0.408 e. The summed E-state index contributed by atoms with van der Waals surface area (Å²) < 4.78 is 17.7. The van der Waals surface area contributed by atoms with Crippen molar-refractivity contribution in [2.75, 3.05) is 0 Å². The van der Waals surface area contributed by atoms with Crippen LogP contribution in [0.1, 0.15) is 33.4 Å². The van der Waals surface area contributed by atoms with Gasteiger partial charge in [0.15, 0.2) is 0 Å². The van der Waals surface area contributed by atoms with E-state index in [0.717, 1.165) is 6.20 Å². The number of rotatable bonds is 1. The van der Waals surface area contributed by atoms with E-state index in [9.17, 15) is 9.18 Å². The van der Waals surface area contributed by atoms with Crippen LogP contribution >= 0.6 is 0 Å². The molecular formula is C14H17FN2O2. The zero-order chi connectivity index (χ0) is 14.5. The molecule has 1 aromatic heterocycles. The van der Waals surface area contributed by atoms with Crippen molar-refractivity contribution < 1.29 is 13.9 Å². The Bertz CT molecular complexity index is 495. The van der Waals surface area contributed by atoms with Crippen LogP contribution in [0.4, 0.5) is 9.18 Å². The predicted octanol–water partition coefficient (Wildman–Crippen LogP) is 2.49. The van der Waals surface area contributed by atoms with Crippen molar-refractivity contribution in [3.63, 3.8) is 0 Å². The number of ether oxygens (including phenoxy) is 1. The summed E-state index contributed by atoms with van der Waals surface area (Å²) in [5.74, 6) is 5.12. The highest BCUT2D eigenvalue weighted by Gasteiger charge is 2.16. The lowest BCUT2D eigenvalue weighted by atomic mass is 10.2. The van der Waals surface area contributed by atoms with Crippen LogP contribution in [0.25, 0.3) is 0 Å². The van der Waals surface area contributed by atoms with E-state index in [1.165, 1.54) is 12.1 Å². The molecule has 1 amide bonds. The monoisotopic (exact) mass is 264 g/mol. The Hall–Kier alpha value is -2.09. The molecule has 0 saturated heterocycles. The van der Waals surface area contributed by atoms with Gasteiger partial charge in [0.05, 0.1) is 12.2 Å². The summed E-state index contributed by atoms with van der Waals surface area (Å²) in [6, 6.07) is 2.37. The molecule has 1 heterocycles. The summed E-state index contributed by atoms with van der Waals surface area (Å²) in [4.78, 5) is 15.3. The van der Waals surface area contributed by atoms with Crippen molar-refractivity contribution in [3.05, 3.63) is 29.8 Å². The van der Waals surface area contributed by atoms with Gasteiger partial charge in [0.2, 0.25) is 0 Å². The Balaban J connectivity index is 2.54. The highest BCUT2D eigenvalue weighted by Crippen LogP contribution is 2.06. The Morgan fingerprint density at radius 1 is 1.47 bits per heavy atom. The van der Waals surface area contributed by atoms with Crippen molar-refractivity contribution >= 4 is 6.09 Å². The van der Waals surface area contributed by atoms with E-state index in [4.69, 9.17) is 4.74 Å². The van der Waals surface area contributed by atoms with Crippen LogP contribution in [0.15, 0.2) is 18.3 Å². The van der Waals surface area contributed by atoms with Crippen LogP contribution in [-0.2, 0) is 4.74 Å². The third-order valence-electron chi connectivity index (χ3n) is 1.88. The fourth-order valence-corrected chi connectivity index (χ4v) is 1.15. The second-order valence-electron chi connectivity index (χ2n) is 5.00. The first-order valence-corrected chi connectivity index (χ1v) is 5.89. The van der Waals surface area contributed by atoms with Gasteiger partial charge in [0.25, 0.3) is 0 Å². The van der Waals surface area contributed by atoms with Crippen LogP contribution in [0.5, 0.6) is 0 Å². The first-order valence-electron chi connectivity index (χ1n) is 5.89. The van der Waals surface area contributed by atoms with Crippen molar-refractivity contribution in [2.24, 2.45) is 0 Å². The minimum absolute atomic E-state index is 0.387. The molecule has 0 aliphatic carbocycles. The van der Waals surface area contributed by atoms with Gasteiger partial charge in [-0.25, -0.2) is 14.2 Å². The number of nitrogens with zero attached hydrogens (tertiary/aromatic N) is 1. The Kier molecular flexibility index (Phi) is 4.87. The van der Waals surface area contributed by atoms with Crippen LogP contribution < -0.4 is 5.32 Å². The van der Waals surface area contributed by atoms with Gasteiger partial charge < -0.3 is 10.1 Å². The standard InChI is InChI=1S/C14H17FN2O2/c1-10(17-13(18)19-14(2,3)4)5-7-12-8-6-11(15)9-16-12/h6,8-10H,1-4H3,(H,17,18)/t10-/m1/s1. The number of hydrogen-bond acceptors (Lipinski definition) is 3. The molecule has 1 N–H and O–H groups in total. The number of nitrogens with one attached hydrogen (secondary N) is 1. The van der Waals surface area contributed by atoms with Crippen LogP contribution in [0.3, 0.4) is 0 Å². The Labute approximate surface area is 112 Å². The Morgan fingerprint density at radius 2 is 2.16 bits per heavy atom. The second kappa shape index (κ2) is 6.19. The lowest BCUT2D eigenvalue weighted by molar-refractivity contribution is 0.0519. The first-order chi connectivity index (χ1) is 8.76. The molecule has 0 unspecified atom stereocenters. The third kappa shape index (κ3) is 6.41. The molecule has 0 saturated carbocycles. The van der Waals surface area contributed by atoms with Gasteiger partial charge in [-0.3, -0.25) is 0 Å². The topological polar surface area (TPSA) is 51.2 Å². The minimum Gasteiger partial charge on any atom is -0.444 e. The normalized spacial score (nSPS) is 12.1. The number of amides is 1. The van der Waals surface area contributed by atoms with E-state index in [1.807, 2.05) is 0 Å². The predicted molar refractivity (Wildman–Crippen MR) is 69.9 cm³/mol. The van der Waals surface area contributed by atoms with Gasteiger partial charge >= 0.3 is 6.09 Å². The second-order valence-corrected chi connectivity index (χ2v) is 5.00. The molecule has 4 nitrogen and oxygen atoms in total. The van der Waals surface area contributed by atoms with E-state index in [0.29, 0.717) is 5.69 Å². The smallest absolute Gasteiger partial charge is 0.408 e. The maximum absolute atomic E-state index is 12.6. The zero-order valence-electron chi connectivity index (χ0n) is 11.5. The molecule has 0 aliphatic rings. The van der Waals surface area contributed by atoms with Crippen LogP contribution in [0.2, 0.25) is 0 Å². The maximum atomic E-state index is 12.6.